The molecule has 0 fully saturated rings. The Morgan fingerprint density at radius 1 is 0.326 bits per heavy atom. The average molecular weight is 762 g/mol. The molecule has 8 nitrogen and oxygen atoms in total. The fraction of sp³-hybridized carbons (Fsp3) is 1.00. The number of hydrogen-bond donors (Lipinski definition) is 0. The fourth-order valence-electron chi connectivity index (χ4n) is 5.83. The Bertz CT molecular complexity index is 572. The maximum absolute atomic E-state index is 8.55. The Morgan fingerprint density at radius 3 is 0.698 bits per heavy atom. The molecule has 0 rings (SSSR count). The van der Waals surface area contributed by atoms with Gasteiger partial charge in [-0.25, -0.2) is 0 Å². The second-order valence-corrected chi connectivity index (χ2v) is 28.5. The van der Waals surface area contributed by atoms with Crippen molar-refractivity contribution < 1.29 is 38.5 Å². The first-order valence-corrected chi connectivity index (χ1v) is 28.7. The van der Waals surface area contributed by atoms with E-state index in [0.29, 0.717) is 0 Å². The van der Waals surface area contributed by atoms with Crippen molar-refractivity contribution in [1.82, 2.24) is 0 Å². The van der Waals surface area contributed by atoms with E-state index in [0.717, 1.165) is 0 Å². The van der Waals surface area contributed by atoms with Gasteiger partial charge in [-0.2, -0.15) is 15.6 Å². The topological polar surface area (TPSA) is 172 Å². The molecule has 0 aliphatic heterocycles. The summed E-state index contributed by atoms with van der Waals surface area (Å²) >= 11 is -1.89. The van der Waals surface area contributed by atoms with Gasteiger partial charge < -0.3 is 38.5 Å². The van der Waals surface area contributed by atoms with E-state index in [-0.39, 0.29) is 0 Å². The average Bonchev–Trinajstić information content (AvgIpc) is 2.90. The van der Waals surface area contributed by atoms with Crippen LogP contribution >= 0.6 is 15.6 Å². The third-order valence-electron chi connectivity index (χ3n) is 8.24. The van der Waals surface area contributed by atoms with Crippen LogP contribution in [0.1, 0.15) is 182 Å². The zero-order valence-electron chi connectivity index (χ0n) is 28.5. The Morgan fingerprint density at radius 2 is 0.488 bits per heavy atom. The van der Waals surface area contributed by atoms with E-state index >= 15 is 0 Å². The van der Waals surface area contributed by atoms with E-state index in [4.69, 9.17) is 38.5 Å². The zero-order valence-corrected chi connectivity index (χ0v) is 33.1. The predicted octanol–water partition coefficient (Wildman–Crippen LogP) is 7.23. The second-order valence-electron chi connectivity index (χ2n) is 12.5. The first kappa shape index (κ1) is 48.4. The Labute approximate surface area is 271 Å². The van der Waals surface area contributed by atoms with E-state index in [1.54, 1.807) is 56.3 Å². The standard InChI is InChI=1S/2C12H25.2C4H9.2H3O4P.Sn/c2*1-3-5-7-9-11-12-10-8-6-4-2;2*1-3-4-2;2*1-5(2,3)4;/h2*1,3-12H2,2H3;2*1,3-4H2,2H3;2*(H3,1,2,3,4);/p-6. The first-order valence-electron chi connectivity index (χ1n) is 17.7. The monoisotopic (exact) mass is 762 g/mol. The summed E-state index contributed by atoms with van der Waals surface area (Å²) in [6, 6.07) is 0. The SMILES string of the molecule is CCCCCCCCCCC[CH2][Sn]([CH2]CCC)([CH2]CCC)[CH2]CCCCCCCCCCC.O=P([O-])([O-])[O-].O=P([O-])([O-])[O-]. The summed E-state index contributed by atoms with van der Waals surface area (Å²) in [6.45, 7) is 9.50. The van der Waals surface area contributed by atoms with Crippen molar-refractivity contribution in [2.45, 2.75) is 200 Å². The van der Waals surface area contributed by atoms with Gasteiger partial charge in [-0.05, 0) is 0 Å². The molecule has 264 valence electrons. The van der Waals surface area contributed by atoms with Crippen molar-refractivity contribution in [1.29, 1.82) is 0 Å². The molecule has 0 aromatic rings. The molecule has 0 bridgehead atoms. The van der Waals surface area contributed by atoms with Gasteiger partial charge in [0.15, 0.2) is 0 Å². The quantitative estimate of drug-likeness (QED) is 0.0456. The van der Waals surface area contributed by atoms with E-state index in [1.807, 2.05) is 0 Å². The third-order valence-corrected chi connectivity index (χ3v) is 24.4. The van der Waals surface area contributed by atoms with E-state index in [1.165, 1.54) is 116 Å². The minimum atomic E-state index is -5.39. The summed E-state index contributed by atoms with van der Waals surface area (Å²) in [5, 5.41) is 0. The van der Waals surface area contributed by atoms with Crippen molar-refractivity contribution in [2.24, 2.45) is 0 Å². The summed E-state index contributed by atoms with van der Waals surface area (Å²) in [5.74, 6) is 0. The summed E-state index contributed by atoms with van der Waals surface area (Å²) in [5.41, 5.74) is 0. The summed E-state index contributed by atoms with van der Waals surface area (Å²) in [4.78, 5) is 51.3. The van der Waals surface area contributed by atoms with Gasteiger partial charge in [0.05, 0.1) is 0 Å². The summed E-state index contributed by atoms with van der Waals surface area (Å²) in [7, 11) is -10.8. The van der Waals surface area contributed by atoms with Crippen molar-refractivity contribution >= 4 is 34.0 Å². The molecular formula is C32H68O8P2Sn-6. The molecule has 0 heterocycles. The van der Waals surface area contributed by atoms with Crippen LogP contribution in [0.25, 0.3) is 0 Å². The molecule has 11 heteroatoms. The normalized spacial score (nSPS) is 12.0. The van der Waals surface area contributed by atoms with Crippen LogP contribution in [0.3, 0.4) is 0 Å². The van der Waals surface area contributed by atoms with Gasteiger partial charge in [-0.15, -0.1) is 0 Å². The van der Waals surface area contributed by atoms with Gasteiger partial charge in [0.25, 0.3) is 0 Å². The van der Waals surface area contributed by atoms with Crippen LogP contribution in [-0.4, -0.2) is 18.4 Å². The molecule has 0 amide bonds. The molecule has 0 atom stereocenters. The van der Waals surface area contributed by atoms with Gasteiger partial charge in [-0.3, -0.25) is 0 Å². The van der Waals surface area contributed by atoms with Crippen molar-refractivity contribution in [2.75, 3.05) is 0 Å². The number of rotatable bonds is 28. The van der Waals surface area contributed by atoms with Gasteiger partial charge >= 0.3 is 218 Å². The molecule has 43 heavy (non-hydrogen) atoms. The van der Waals surface area contributed by atoms with Crippen LogP contribution in [0, 0.1) is 0 Å². The van der Waals surface area contributed by atoms with Crippen molar-refractivity contribution in [3.8, 4) is 0 Å². The van der Waals surface area contributed by atoms with E-state index < -0.39 is 34.0 Å². The molecule has 0 N–H and O–H groups in total. The Balaban J connectivity index is -0.00000136. The van der Waals surface area contributed by atoms with Gasteiger partial charge in [-0.1, -0.05) is 0 Å². The van der Waals surface area contributed by atoms with Crippen molar-refractivity contribution in [3.05, 3.63) is 0 Å². The number of unbranched alkanes of at least 4 members (excludes halogenated alkanes) is 20. The van der Waals surface area contributed by atoms with Gasteiger partial charge in [0.1, 0.15) is 0 Å². The smallest absolute Gasteiger partial charge is 0.822 e. The zero-order chi connectivity index (χ0) is 33.3. The molecule has 0 unspecified atom stereocenters. The number of phosphoric acid groups is 2. The van der Waals surface area contributed by atoms with Crippen LogP contribution < -0.4 is 29.4 Å². The van der Waals surface area contributed by atoms with Crippen LogP contribution in [0.15, 0.2) is 0 Å². The van der Waals surface area contributed by atoms with Crippen LogP contribution in [-0.2, 0) is 9.13 Å². The van der Waals surface area contributed by atoms with Crippen LogP contribution in [0.4, 0.5) is 0 Å². The van der Waals surface area contributed by atoms with Gasteiger partial charge in [0, 0.05) is 0 Å². The molecule has 0 aromatic carbocycles. The maximum atomic E-state index is 8.55. The summed E-state index contributed by atoms with van der Waals surface area (Å²) in [6.07, 6.45) is 35.9. The number of hydrogen-bond acceptors (Lipinski definition) is 8. The summed E-state index contributed by atoms with van der Waals surface area (Å²) < 4.78 is 24.0. The van der Waals surface area contributed by atoms with Crippen LogP contribution in [0.2, 0.25) is 17.7 Å². The van der Waals surface area contributed by atoms with Crippen molar-refractivity contribution in [3.63, 3.8) is 0 Å². The minimum Gasteiger partial charge on any atom is -0.822 e. The second kappa shape index (κ2) is 34.4. The minimum absolute atomic E-state index is 1.38. The first-order chi connectivity index (χ1) is 20.2. The molecule has 0 aromatic heterocycles. The fourth-order valence-corrected chi connectivity index (χ4v) is 22.1. The van der Waals surface area contributed by atoms with Crippen LogP contribution in [0.5, 0.6) is 0 Å². The molecule has 0 saturated heterocycles. The molecule has 0 aliphatic rings. The van der Waals surface area contributed by atoms with Gasteiger partial charge in [0.2, 0.25) is 0 Å². The predicted molar refractivity (Wildman–Crippen MR) is 174 cm³/mol. The van der Waals surface area contributed by atoms with E-state index in [2.05, 4.69) is 27.7 Å². The molecule has 0 radical (unpaired) electrons. The molecule has 0 saturated carbocycles. The molecular weight excluding hydrogens is 693 g/mol. The van der Waals surface area contributed by atoms with E-state index in [9.17, 15) is 0 Å². The Kier molecular flexibility index (Phi) is 38.7. The third kappa shape index (κ3) is 52.8. The Hall–Kier alpha value is 1.02. The molecule has 0 spiro atoms. The molecule has 0 aliphatic carbocycles.